The van der Waals surface area contributed by atoms with E-state index < -0.39 is 0 Å². The Hall–Kier alpha value is -2.56. The lowest BCUT2D eigenvalue weighted by molar-refractivity contribution is 0.121. The number of ether oxygens (including phenoxy) is 1. The number of halogens is 1. The highest BCUT2D eigenvalue weighted by atomic mass is 32.2. The Labute approximate surface area is 180 Å². The van der Waals surface area contributed by atoms with E-state index in [-0.39, 0.29) is 5.82 Å². The fraction of sp³-hybridized carbons (Fsp3) is 0.300. The van der Waals surface area contributed by atoms with Crippen molar-refractivity contribution in [3.63, 3.8) is 0 Å². The van der Waals surface area contributed by atoms with E-state index in [2.05, 4.69) is 36.6 Å². The highest BCUT2D eigenvalue weighted by molar-refractivity contribution is 7.99. The van der Waals surface area contributed by atoms with Crippen LogP contribution in [0.5, 0.6) is 0 Å². The Morgan fingerprint density at radius 2 is 1.93 bits per heavy atom. The van der Waals surface area contributed by atoms with Gasteiger partial charge in [0.2, 0.25) is 5.95 Å². The van der Waals surface area contributed by atoms with Crippen molar-refractivity contribution in [2.24, 2.45) is 0 Å². The molecular weight excluding hydrogens is 423 g/mol. The molecule has 3 aromatic heterocycles. The van der Waals surface area contributed by atoms with Gasteiger partial charge < -0.3 is 9.64 Å². The SMILES string of the molecule is CCn1c(Sc2ncnc3scc(-c4ccc(F)cc4)c23)nnc1N1CCOCC1. The molecular formula is C20H19FN6OS2. The van der Waals surface area contributed by atoms with E-state index in [9.17, 15) is 4.39 Å². The fourth-order valence-corrected chi connectivity index (χ4v) is 5.45. The smallest absolute Gasteiger partial charge is 0.228 e. The number of fused-ring (bicyclic) bond motifs is 1. The van der Waals surface area contributed by atoms with Gasteiger partial charge in [0.05, 0.1) is 18.6 Å². The summed E-state index contributed by atoms with van der Waals surface area (Å²) in [6.07, 6.45) is 1.57. The van der Waals surface area contributed by atoms with Crippen molar-refractivity contribution in [1.82, 2.24) is 24.7 Å². The molecule has 1 fully saturated rings. The highest BCUT2D eigenvalue weighted by Crippen LogP contribution is 2.40. The maximum absolute atomic E-state index is 13.4. The lowest BCUT2D eigenvalue weighted by atomic mass is 10.1. The summed E-state index contributed by atoms with van der Waals surface area (Å²) in [4.78, 5) is 12.1. The molecule has 0 amide bonds. The molecule has 0 unspecified atom stereocenters. The van der Waals surface area contributed by atoms with Crippen molar-refractivity contribution < 1.29 is 9.13 Å². The highest BCUT2D eigenvalue weighted by Gasteiger charge is 2.22. The van der Waals surface area contributed by atoms with Gasteiger partial charge in [-0.2, -0.15) is 0 Å². The summed E-state index contributed by atoms with van der Waals surface area (Å²) in [5.74, 6) is 0.605. The van der Waals surface area contributed by atoms with Crippen LogP contribution >= 0.6 is 23.1 Å². The van der Waals surface area contributed by atoms with Crippen molar-refractivity contribution >= 4 is 39.3 Å². The molecule has 30 heavy (non-hydrogen) atoms. The second-order valence-corrected chi connectivity index (χ2v) is 8.56. The summed E-state index contributed by atoms with van der Waals surface area (Å²) in [5, 5.41) is 13.5. The van der Waals surface area contributed by atoms with Gasteiger partial charge in [0, 0.05) is 30.6 Å². The van der Waals surface area contributed by atoms with E-state index in [0.29, 0.717) is 13.2 Å². The first kappa shape index (κ1) is 19.4. The Kier molecular flexibility index (Phi) is 5.36. The van der Waals surface area contributed by atoms with E-state index in [1.807, 2.05) is 5.38 Å². The molecule has 154 valence electrons. The van der Waals surface area contributed by atoms with Crippen LogP contribution in [-0.4, -0.2) is 51.0 Å². The molecule has 0 spiro atoms. The Balaban J connectivity index is 1.54. The van der Waals surface area contributed by atoms with Crippen LogP contribution in [0.1, 0.15) is 6.92 Å². The maximum atomic E-state index is 13.4. The first-order valence-corrected chi connectivity index (χ1v) is 11.4. The molecule has 0 atom stereocenters. The number of hydrogen-bond acceptors (Lipinski definition) is 8. The molecule has 1 aliphatic heterocycles. The first-order valence-electron chi connectivity index (χ1n) is 9.66. The predicted molar refractivity (Wildman–Crippen MR) is 116 cm³/mol. The maximum Gasteiger partial charge on any atom is 0.228 e. The van der Waals surface area contributed by atoms with Crippen molar-refractivity contribution in [3.8, 4) is 11.1 Å². The lowest BCUT2D eigenvalue weighted by Gasteiger charge is -2.27. The molecule has 0 aliphatic carbocycles. The minimum absolute atomic E-state index is 0.254. The quantitative estimate of drug-likeness (QED) is 0.431. The van der Waals surface area contributed by atoms with Crippen LogP contribution in [0.25, 0.3) is 21.3 Å². The molecule has 0 radical (unpaired) electrons. The van der Waals surface area contributed by atoms with Crippen molar-refractivity contribution in [1.29, 1.82) is 0 Å². The molecule has 10 heteroatoms. The van der Waals surface area contributed by atoms with Crippen LogP contribution in [0.2, 0.25) is 0 Å². The third kappa shape index (κ3) is 3.55. The molecule has 0 bridgehead atoms. The number of nitrogens with zero attached hydrogens (tertiary/aromatic N) is 6. The molecule has 4 heterocycles. The number of anilines is 1. The van der Waals surface area contributed by atoms with Crippen LogP contribution in [0.15, 0.2) is 46.2 Å². The topological polar surface area (TPSA) is 69.0 Å². The summed E-state index contributed by atoms with van der Waals surface area (Å²) in [5.41, 5.74) is 1.93. The van der Waals surface area contributed by atoms with Gasteiger partial charge in [-0.1, -0.05) is 12.1 Å². The van der Waals surface area contributed by atoms with E-state index in [4.69, 9.17) is 4.74 Å². The van der Waals surface area contributed by atoms with Gasteiger partial charge in [0.25, 0.3) is 0 Å². The third-order valence-corrected chi connectivity index (χ3v) is 6.86. The predicted octanol–water partition coefficient (Wildman–Crippen LogP) is 4.10. The standard InChI is InChI=1S/C20H19FN6OS2/c1-2-27-19(26-7-9-28-10-8-26)24-25-20(27)30-18-16-15(11-29-17(16)22-12-23-18)13-3-5-14(21)6-4-13/h3-6,11-12H,2,7-10H2,1H3. The van der Waals surface area contributed by atoms with Crippen LogP contribution in [0.4, 0.5) is 10.3 Å². The Morgan fingerprint density at radius 3 is 2.70 bits per heavy atom. The van der Waals surface area contributed by atoms with E-state index in [0.717, 1.165) is 57.1 Å². The van der Waals surface area contributed by atoms with Crippen LogP contribution in [-0.2, 0) is 11.3 Å². The molecule has 4 aromatic rings. The Morgan fingerprint density at radius 1 is 1.13 bits per heavy atom. The number of morpholine rings is 1. The van der Waals surface area contributed by atoms with Gasteiger partial charge in [-0.15, -0.1) is 21.5 Å². The fourth-order valence-electron chi connectivity index (χ4n) is 3.48. The van der Waals surface area contributed by atoms with Gasteiger partial charge >= 0.3 is 0 Å². The van der Waals surface area contributed by atoms with E-state index in [1.165, 1.54) is 23.9 Å². The van der Waals surface area contributed by atoms with Crippen LogP contribution in [0.3, 0.4) is 0 Å². The summed E-state index contributed by atoms with van der Waals surface area (Å²) in [7, 11) is 0. The van der Waals surface area contributed by atoms with Gasteiger partial charge in [0.15, 0.2) is 5.16 Å². The van der Waals surface area contributed by atoms with E-state index >= 15 is 0 Å². The number of benzene rings is 1. The molecule has 1 aromatic carbocycles. The summed E-state index contributed by atoms with van der Waals surface area (Å²) >= 11 is 3.04. The minimum atomic E-state index is -0.254. The van der Waals surface area contributed by atoms with Crippen molar-refractivity contribution in [3.05, 3.63) is 41.8 Å². The lowest BCUT2D eigenvalue weighted by Crippen LogP contribution is -2.38. The zero-order valence-corrected chi connectivity index (χ0v) is 17.9. The largest absolute Gasteiger partial charge is 0.378 e. The summed E-state index contributed by atoms with van der Waals surface area (Å²) in [6, 6.07) is 6.50. The number of thiophene rings is 1. The normalized spacial score (nSPS) is 14.5. The van der Waals surface area contributed by atoms with Gasteiger partial charge in [0.1, 0.15) is 22.0 Å². The van der Waals surface area contributed by atoms with Gasteiger partial charge in [-0.25, -0.2) is 14.4 Å². The average Bonchev–Trinajstić information content (AvgIpc) is 3.40. The first-order chi connectivity index (χ1) is 14.7. The minimum Gasteiger partial charge on any atom is -0.378 e. The van der Waals surface area contributed by atoms with Gasteiger partial charge in [-0.05, 0) is 36.4 Å². The monoisotopic (exact) mass is 442 g/mol. The van der Waals surface area contributed by atoms with E-state index in [1.54, 1.807) is 29.8 Å². The molecule has 1 aliphatic rings. The second kappa shape index (κ2) is 8.29. The molecule has 5 rings (SSSR count). The van der Waals surface area contributed by atoms with Crippen LogP contribution in [0, 0.1) is 5.82 Å². The number of rotatable bonds is 5. The summed E-state index contributed by atoms with van der Waals surface area (Å²) < 4.78 is 21.0. The number of aromatic nitrogens is 5. The Bertz CT molecular complexity index is 1170. The second-order valence-electron chi connectivity index (χ2n) is 6.74. The van der Waals surface area contributed by atoms with Crippen molar-refractivity contribution in [2.75, 3.05) is 31.2 Å². The zero-order valence-electron chi connectivity index (χ0n) is 16.3. The molecule has 1 saturated heterocycles. The van der Waals surface area contributed by atoms with Crippen LogP contribution < -0.4 is 4.90 Å². The summed E-state index contributed by atoms with van der Waals surface area (Å²) in [6.45, 7) is 5.84. The third-order valence-electron chi connectivity index (χ3n) is 4.99. The number of hydrogen-bond donors (Lipinski definition) is 0. The average molecular weight is 443 g/mol. The van der Waals surface area contributed by atoms with Gasteiger partial charge in [-0.3, -0.25) is 4.57 Å². The van der Waals surface area contributed by atoms with Crippen molar-refractivity contribution in [2.45, 2.75) is 23.7 Å². The molecule has 0 saturated carbocycles. The molecule has 7 nitrogen and oxygen atoms in total. The zero-order chi connectivity index (χ0) is 20.5. The molecule has 0 N–H and O–H groups in total.